The van der Waals surface area contributed by atoms with Crippen LogP contribution in [0, 0.1) is 13.8 Å². The van der Waals surface area contributed by atoms with Crippen molar-refractivity contribution < 1.29 is 9.59 Å². The topological polar surface area (TPSA) is 34.1 Å². The summed E-state index contributed by atoms with van der Waals surface area (Å²) in [6.07, 6.45) is 0. The van der Waals surface area contributed by atoms with Gasteiger partial charge < -0.3 is 0 Å². The summed E-state index contributed by atoms with van der Waals surface area (Å²) >= 11 is 0. The summed E-state index contributed by atoms with van der Waals surface area (Å²) in [6, 6.07) is 10.8. The highest BCUT2D eigenvalue weighted by atomic mass is 16.1. The molecule has 0 aromatic heterocycles. The number of aryl methyl sites for hydroxylation is 2. The smallest absolute Gasteiger partial charge is 0.194 e. The maximum atomic E-state index is 12.4. The molecule has 0 spiro atoms. The van der Waals surface area contributed by atoms with Gasteiger partial charge in [-0.05, 0) is 25.5 Å². The molecule has 0 bridgehead atoms. The monoisotopic (exact) mass is 236 g/mol. The van der Waals surface area contributed by atoms with Gasteiger partial charge in [0.1, 0.15) is 0 Å². The standard InChI is InChI=1S/C16H12O2/c1-9-6-7-11-13(8-9)15(17)12-5-3-4-10(2)14(12)16(11)18/h3-8H,1-2H3. The number of fused-ring (bicyclic) bond motifs is 2. The van der Waals surface area contributed by atoms with Gasteiger partial charge in [-0.3, -0.25) is 9.59 Å². The third-order valence-corrected chi connectivity index (χ3v) is 3.41. The van der Waals surface area contributed by atoms with Crippen LogP contribution in [-0.2, 0) is 0 Å². The fourth-order valence-electron chi connectivity index (χ4n) is 2.48. The second-order valence-corrected chi connectivity index (χ2v) is 4.70. The zero-order chi connectivity index (χ0) is 12.9. The molecule has 88 valence electrons. The van der Waals surface area contributed by atoms with Gasteiger partial charge in [0, 0.05) is 22.3 Å². The van der Waals surface area contributed by atoms with Crippen molar-refractivity contribution in [3.05, 3.63) is 69.8 Å². The Balaban J connectivity index is 2.35. The summed E-state index contributed by atoms with van der Waals surface area (Å²) in [6.45, 7) is 3.78. The highest BCUT2D eigenvalue weighted by molar-refractivity contribution is 6.28. The molecule has 0 amide bonds. The molecule has 2 aromatic rings. The first-order valence-corrected chi connectivity index (χ1v) is 5.89. The van der Waals surface area contributed by atoms with Gasteiger partial charge in [-0.25, -0.2) is 0 Å². The number of benzene rings is 2. The van der Waals surface area contributed by atoms with Crippen molar-refractivity contribution in [2.75, 3.05) is 0 Å². The van der Waals surface area contributed by atoms with E-state index in [2.05, 4.69) is 0 Å². The lowest BCUT2D eigenvalue weighted by atomic mass is 9.81. The normalized spacial score (nSPS) is 13.2. The van der Waals surface area contributed by atoms with Crippen LogP contribution in [-0.4, -0.2) is 11.6 Å². The van der Waals surface area contributed by atoms with Gasteiger partial charge in [-0.1, -0.05) is 35.9 Å². The molecule has 0 radical (unpaired) electrons. The van der Waals surface area contributed by atoms with Crippen molar-refractivity contribution >= 4 is 11.6 Å². The molecule has 0 saturated heterocycles. The van der Waals surface area contributed by atoms with Gasteiger partial charge in [0.25, 0.3) is 0 Å². The minimum absolute atomic E-state index is 0.0438. The first kappa shape index (κ1) is 10.9. The van der Waals surface area contributed by atoms with Crippen molar-refractivity contribution in [2.45, 2.75) is 13.8 Å². The Morgan fingerprint density at radius 2 is 1.56 bits per heavy atom. The van der Waals surface area contributed by atoms with Crippen LogP contribution in [0.1, 0.15) is 43.0 Å². The Kier molecular flexibility index (Phi) is 2.20. The fraction of sp³-hybridized carbons (Fsp3) is 0.125. The van der Waals surface area contributed by atoms with E-state index in [1.54, 1.807) is 18.2 Å². The molecule has 3 rings (SSSR count). The van der Waals surface area contributed by atoms with E-state index < -0.39 is 0 Å². The average molecular weight is 236 g/mol. The van der Waals surface area contributed by atoms with Crippen molar-refractivity contribution in [1.82, 2.24) is 0 Å². The van der Waals surface area contributed by atoms with Gasteiger partial charge in [0.2, 0.25) is 0 Å². The summed E-state index contributed by atoms with van der Waals surface area (Å²) in [5.74, 6) is -0.0929. The number of ketones is 2. The van der Waals surface area contributed by atoms with E-state index >= 15 is 0 Å². The van der Waals surface area contributed by atoms with Crippen LogP contribution in [0.4, 0.5) is 0 Å². The maximum Gasteiger partial charge on any atom is 0.194 e. The van der Waals surface area contributed by atoms with E-state index in [9.17, 15) is 9.59 Å². The largest absolute Gasteiger partial charge is 0.289 e. The highest BCUT2D eigenvalue weighted by Gasteiger charge is 2.30. The lowest BCUT2D eigenvalue weighted by molar-refractivity contribution is 0.0978. The molecular formula is C16H12O2. The highest BCUT2D eigenvalue weighted by Crippen LogP contribution is 2.29. The first-order chi connectivity index (χ1) is 8.59. The summed E-state index contributed by atoms with van der Waals surface area (Å²) < 4.78 is 0. The van der Waals surface area contributed by atoms with Gasteiger partial charge in [0.05, 0.1) is 0 Å². The molecule has 1 aliphatic carbocycles. The molecule has 2 aromatic carbocycles. The maximum absolute atomic E-state index is 12.4. The van der Waals surface area contributed by atoms with Crippen molar-refractivity contribution in [2.24, 2.45) is 0 Å². The summed E-state index contributed by atoms with van der Waals surface area (Å²) in [5, 5.41) is 0. The minimum Gasteiger partial charge on any atom is -0.289 e. The molecule has 0 atom stereocenters. The second-order valence-electron chi connectivity index (χ2n) is 4.70. The number of rotatable bonds is 0. The summed E-state index contributed by atoms with van der Waals surface area (Å²) in [4.78, 5) is 24.8. The van der Waals surface area contributed by atoms with Crippen LogP contribution in [0.5, 0.6) is 0 Å². The lowest BCUT2D eigenvalue weighted by Gasteiger charge is -2.19. The molecule has 2 heteroatoms. The van der Waals surface area contributed by atoms with Crippen molar-refractivity contribution in [3.8, 4) is 0 Å². The Morgan fingerprint density at radius 1 is 0.778 bits per heavy atom. The second kappa shape index (κ2) is 3.64. The third kappa shape index (κ3) is 1.35. The van der Waals surface area contributed by atoms with Crippen LogP contribution in [0.3, 0.4) is 0 Å². The number of carbonyl (C=O) groups is 2. The SMILES string of the molecule is Cc1ccc2c(c1)C(=O)c1cccc(C)c1C2=O. The Bertz CT molecular complexity index is 692. The van der Waals surface area contributed by atoms with Crippen molar-refractivity contribution in [1.29, 1.82) is 0 Å². The molecule has 2 nitrogen and oxygen atoms in total. The van der Waals surface area contributed by atoms with Gasteiger partial charge >= 0.3 is 0 Å². The Labute approximate surface area is 105 Å². The summed E-state index contributed by atoms with van der Waals surface area (Å²) in [7, 11) is 0. The molecule has 1 aliphatic rings. The Hall–Kier alpha value is -2.22. The van der Waals surface area contributed by atoms with Crippen LogP contribution in [0.15, 0.2) is 36.4 Å². The molecule has 0 aliphatic heterocycles. The first-order valence-electron chi connectivity index (χ1n) is 5.89. The van der Waals surface area contributed by atoms with Gasteiger partial charge in [0.15, 0.2) is 11.6 Å². The zero-order valence-electron chi connectivity index (χ0n) is 10.3. The molecule has 0 saturated carbocycles. The van der Waals surface area contributed by atoms with Crippen molar-refractivity contribution in [3.63, 3.8) is 0 Å². The molecule has 18 heavy (non-hydrogen) atoms. The molecule has 0 heterocycles. The lowest BCUT2D eigenvalue weighted by Crippen LogP contribution is -2.22. The van der Waals surface area contributed by atoms with E-state index in [-0.39, 0.29) is 11.6 Å². The Morgan fingerprint density at radius 3 is 2.33 bits per heavy atom. The molecular weight excluding hydrogens is 224 g/mol. The van der Waals surface area contributed by atoms with E-state index in [0.717, 1.165) is 11.1 Å². The average Bonchev–Trinajstić information content (AvgIpc) is 2.35. The van der Waals surface area contributed by atoms with Crippen LogP contribution in [0.25, 0.3) is 0 Å². The predicted octanol–water partition coefficient (Wildman–Crippen LogP) is 3.08. The van der Waals surface area contributed by atoms with E-state index in [1.165, 1.54) is 0 Å². The quantitative estimate of drug-likeness (QED) is 0.601. The van der Waals surface area contributed by atoms with E-state index in [4.69, 9.17) is 0 Å². The van der Waals surface area contributed by atoms with E-state index in [1.807, 2.05) is 32.0 Å². The van der Waals surface area contributed by atoms with E-state index in [0.29, 0.717) is 22.3 Å². The molecule has 0 N–H and O–H groups in total. The summed E-state index contributed by atoms with van der Waals surface area (Å²) in [5.41, 5.74) is 3.98. The number of hydrogen-bond acceptors (Lipinski definition) is 2. The van der Waals surface area contributed by atoms with Crippen LogP contribution < -0.4 is 0 Å². The van der Waals surface area contributed by atoms with Gasteiger partial charge in [-0.2, -0.15) is 0 Å². The fourth-order valence-corrected chi connectivity index (χ4v) is 2.48. The minimum atomic E-state index is -0.0491. The third-order valence-electron chi connectivity index (χ3n) is 3.41. The zero-order valence-corrected chi connectivity index (χ0v) is 10.3. The van der Waals surface area contributed by atoms with Crippen LogP contribution >= 0.6 is 0 Å². The predicted molar refractivity (Wildman–Crippen MR) is 69.2 cm³/mol. The molecule has 0 unspecified atom stereocenters. The molecule has 0 fully saturated rings. The van der Waals surface area contributed by atoms with Crippen LogP contribution in [0.2, 0.25) is 0 Å². The number of hydrogen-bond donors (Lipinski definition) is 0. The van der Waals surface area contributed by atoms with Gasteiger partial charge in [-0.15, -0.1) is 0 Å². The number of carbonyl (C=O) groups excluding carboxylic acids is 2.